The molecule has 0 aliphatic carbocycles. The minimum atomic E-state index is -1.59. The van der Waals surface area contributed by atoms with Crippen molar-refractivity contribution >= 4 is 43.5 Å². The quantitative estimate of drug-likeness (QED) is 0.746. The van der Waals surface area contributed by atoms with E-state index >= 15 is 0 Å². The van der Waals surface area contributed by atoms with Crippen molar-refractivity contribution < 1.29 is 9.53 Å². The third kappa shape index (κ3) is 5.43. The van der Waals surface area contributed by atoms with Crippen LogP contribution in [0.4, 0.5) is 4.79 Å². The van der Waals surface area contributed by atoms with Gasteiger partial charge in [-0.15, -0.1) is 0 Å². The van der Waals surface area contributed by atoms with Gasteiger partial charge in [-0.3, -0.25) is 0 Å². The van der Waals surface area contributed by atoms with Crippen LogP contribution in [0.15, 0.2) is 0 Å². The maximum absolute atomic E-state index is 10.7. The first kappa shape index (κ1) is 9.99. The summed E-state index contributed by atoms with van der Waals surface area (Å²) in [6.07, 6.45) is 0.883. The average molecular weight is 322 g/mol. The Morgan fingerprint density at radius 1 is 1.67 bits per heavy atom. The Labute approximate surface area is 72.7 Å². The van der Waals surface area contributed by atoms with Crippen LogP contribution in [0.25, 0.3) is 0 Å². The van der Waals surface area contributed by atoms with Gasteiger partial charge in [0.15, 0.2) is 0 Å². The van der Waals surface area contributed by atoms with E-state index in [1.165, 1.54) is 0 Å². The van der Waals surface area contributed by atoms with Crippen LogP contribution in [-0.4, -0.2) is 22.3 Å². The molecule has 0 unspecified atom stereocenters. The first-order valence-electron chi connectivity index (χ1n) is 2.47. The molecular weight excluding hydrogens is 315 g/mol. The minimum absolute atomic E-state index is 0.121. The fourth-order valence-electron chi connectivity index (χ4n) is 0.238. The summed E-state index contributed by atoms with van der Waals surface area (Å²) in [5.74, 6) is 0. The topological polar surface area (TPSA) is 26.3 Å². The zero-order chi connectivity index (χ0) is 7.28. The van der Waals surface area contributed by atoms with Gasteiger partial charge in [0.1, 0.15) is 0 Å². The van der Waals surface area contributed by atoms with Crippen molar-refractivity contribution in [2.24, 2.45) is 0 Å². The molecule has 0 aliphatic rings. The van der Waals surface area contributed by atoms with Crippen LogP contribution >= 0.6 is 27.9 Å². The van der Waals surface area contributed by atoms with Gasteiger partial charge in [-0.2, -0.15) is 0 Å². The summed E-state index contributed by atoms with van der Waals surface area (Å²) in [6.45, 7) is 2.49. The molecule has 2 nitrogen and oxygen atoms in total. The van der Waals surface area contributed by atoms with Crippen LogP contribution in [0.2, 0.25) is 0 Å². The number of halogens is 2. The van der Waals surface area contributed by atoms with Crippen molar-refractivity contribution in [3.8, 4) is 0 Å². The fraction of sp³-hybridized carbons (Fsp3) is 0.750. The summed E-state index contributed by atoms with van der Waals surface area (Å²) in [7, 11) is -1.59. The molecule has 5 heteroatoms. The molecule has 0 heterocycles. The second-order valence-electron chi connectivity index (χ2n) is 1.35. The molecule has 0 amide bonds. The summed E-state index contributed by atoms with van der Waals surface area (Å²) >= 11 is 6.32. The van der Waals surface area contributed by atoms with Gasteiger partial charge in [-0.25, -0.2) is 0 Å². The summed E-state index contributed by atoms with van der Waals surface area (Å²) in [5.41, 5.74) is 0. The molecule has 0 bridgehead atoms. The van der Waals surface area contributed by atoms with Crippen molar-refractivity contribution in [3.05, 3.63) is 0 Å². The van der Waals surface area contributed by atoms with Gasteiger partial charge in [-0.05, 0) is 0 Å². The van der Waals surface area contributed by atoms with E-state index in [0.29, 0.717) is 6.61 Å². The maximum atomic E-state index is 10.7. The van der Waals surface area contributed by atoms with E-state index in [-0.39, 0.29) is 4.76 Å². The second-order valence-corrected chi connectivity index (χ2v) is 15.4. The molecule has 0 rings (SSSR count). The molecule has 54 valence electrons. The summed E-state index contributed by atoms with van der Waals surface area (Å²) in [4.78, 5) is 10.7. The molecule has 9 heavy (non-hydrogen) atoms. The van der Waals surface area contributed by atoms with Crippen LogP contribution < -0.4 is 0 Å². The molecule has 0 aromatic heterocycles. The Bertz CT molecular complexity index is 96.6. The van der Waals surface area contributed by atoms with Crippen molar-refractivity contribution in [2.75, 3.05) is 6.61 Å². The van der Waals surface area contributed by atoms with Gasteiger partial charge in [0.05, 0.1) is 0 Å². The molecule has 0 saturated carbocycles. The predicted molar refractivity (Wildman–Crippen MR) is 45.2 cm³/mol. The van der Waals surface area contributed by atoms with Crippen LogP contribution in [0.3, 0.4) is 0 Å². The van der Waals surface area contributed by atoms with E-state index in [4.69, 9.17) is 4.74 Å². The van der Waals surface area contributed by atoms with Crippen molar-refractivity contribution in [2.45, 2.75) is 13.3 Å². The molecule has 0 atom stereocenters. The van der Waals surface area contributed by atoms with Gasteiger partial charge in [0.25, 0.3) is 0 Å². The van der Waals surface area contributed by atoms with Gasteiger partial charge in [0.2, 0.25) is 0 Å². The zero-order valence-electron chi connectivity index (χ0n) is 4.93. The predicted octanol–water partition coefficient (Wildman–Crippen LogP) is 2.39. The number of carbonyl (C=O) groups is 1. The van der Waals surface area contributed by atoms with Crippen molar-refractivity contribution in [1.29, 1.82) is 0 Å². The molecule has 0 spiro atoms. The van der Waals surface area contributed by atoms with E-state index in [0.717, 1.165) is 6.42 Å². The molecule has 0 N–H and O–H groups in total. The Morgan fingerprint density at radius 3 is 2.56 bits per heavy atom. The SMILES string of the molecule is CCCOC(=O)[As](Br)Br. The Hall–Kier alpha value is 0.988. The van der Waals surface area contributed by atoms with Gasteiger partial charge >= 0.3 is 73.0 Å². The summed E-state index contributed by atoms with van der Waals surface area (Å²) in [5, 5.41) is 0. The van der Waals surface area contributed by atoms with E-state index in [2.05, 4.69) is 27.9 Å². The van der Waals surface area contributed by atoms with E-state index < -0.39 is 10.9 Å². The third-order valence-corrected chi connectivity index (χ3v) is 4.43. The van der Waals surface area contributed by atoms with E-state index in [9.17, 15) is 4.79 Å². The molecule has 0 fully saturated rings. The van der Waals surface area contributed by atoms with E-state index in [1.54, 1.807) is 0 Å². The zero-order valence-corrected chi connectivity index (χ0v) is 9.98. The number of hydrogen-bond acceptors (Lipinski definition) is 2. The first-order valence-corrected chi connectivity index (χ1v) is 12.2. The van der Waals surface area contributed by atoms with Crippen LogP contribution in [0, 0.1) is 0 Å². The molecule has 0 aromatic carbocycles. The van der Waals surface area contributed by atoms with Crippen molar-refractivity contribution in [1.82, 2.24) is 0 Å². The Morgan fingerprint density at radius 2 is 2.22 bits per heavy atom. The number of hydrogen-bond donors (Lipinski definition) is 0. The summed E-state index contributed by atoms with van der Waals surface area (Å²) in [6, 6.07) is 0. The van der Waals surface area contributed by atoms with Gasteiger partial charge in [0, 0.05) is 0 Å². The average Bonchev–Trinajstić information content (AvgIpc) is 1.82. The standard InChI is InChI=1S/C4H7AsBr2O2/c1-2-3-9-4(8)5(6)7/h2-3H2,1H3. The number of carbonyl (C=O) groups excluding carboxylic acids is 1. The number of ether oxygens (including phenoxy) is 1. The molecule has 0 aromatic rings. The number of rotatable bonds is 3. The Balaban J connectivity index is 3.28. The van der Waals surface area contributed by atoms with Crippen molar-refractivity contribution in [3.63, 3.8) is 0 Å². The van der Waals surface area contributed by atoms with E-state index in [1.807, 2.05) is 6.92 Å². The third-order valence-electron chi connectivity index (χ3n) is 0.568. The molecule has 0 saturated heterocycles. The van der Waals surface area contributed by atoms with Crippen LogP contribution in [-0.2, 0) is 4.74 Å². The van der Waals surface area contributed by atoms with Gasteiger partial charge < -0.3 is 0 Å². The molecule has 0 aliphatic heterocycles. The molecular formula is C4H7AsBr2O2. The monoisotopic (exact) mass is 320 g/mol. The Kier molecular flexibility index (Phi) is 6.38. The summed E-state index contributed by atoms with van der Waals surface area (Å²) < 4.78 is 4.66. The van der Waals surface area contributed by atoms with Crippen LogP contribution in [0.1, 0.15) is 13.3 Å². The first-order chi connectivity index (χ1) is 4.18. The van der Waals surface area contributed by atoms with Crippen LogP contribution in [0.5, 0.6) is 0 Å². The normalized spacial score (nSPS) is 9.78. The molecule has 0 radical (unpaired) electrons. The van der Waals surface area contributed by atoms with Gasteiger partial charge in [-0.1, -0.05) is 0 Å². The fourth-order valence-corrected chi connectivity index (χ4v) is 1.70. The second kappa shape index (κ2) is 5.75.